The number of aryl methyl sites for hydroxylation is 1. The van der Waals surface area contributed by atoms with Crippen molar-refractivity contribution >= 4 is 16.4 Å². The molecule has 0 unspecified atom stereocenters. The van der Waals surface area contributed by atoms with Gasteiger partial charge in [-0.25, -0.2) is 5.84 Å². The van der Waals surface area contributed by atoms with E-state index in [1.54, 1.807) is 19.2 Å². The molecule has 0 aliphatic heterocycles. The molecule has 0 atom stereocenters. The highest BCUT2D eigenvalue weighted by Gasteiger charge is 2.11. The van der Waals surface area contributed by atoms with Crippen molar-refractivity contribution < 1.29 is 13.2 Å². The second-order valence-electron chi connectivity index (χ2n) is 5.03. The van der Waals surface area contributed by atoms with E-state index >= 15 is 0 Å². The molecule has 0 saturated heterocycles. The Bertz CT molecular complexity index is 769. The summed E-state index contributed by atoms with van der Waals surface area (Å²) in [6.45, 7) is 2.22. The zero-order chi connectivity index (χ0) is 16.9. The van der Waals surface area contributed by atoms with Crippen LogP contribution in [-0.2, 0) is 16.6 Å². The summed E-state index contributed by atoms with van der Waals surface area (Å²) >= 11 is 0. The highest BCUT2D eigenvalue weighted by Crippen LogP contribution is 2.14. The van der Waals surface area contributed by atoms with Crippen LogP contribution in [0.3, 0.4) is 0 Å². The van der Waals surface area contributed by atoms with Gasteiger partial charge >= 0.3 is 0 Å². The predicted octanol–water partition coefficient (Wildman–Crippen LogP) is 2.10. The Morgan fingerprint density at radius 2 is 1.74 bits per heavy atom. The zero-order valence-corrected chi connectivity index (χ0v) is 13.8. The van der Waals surface area contributed by atoms with Crippen LogP contribution in [0.4, 0.5) is 0 Å². The molecule has 6 nitrogen and oxygen atoms in total. The minimum Gasteiger partial charge on any atom is -0.497 e. The third kappa shape index (κ3) is 4.80. The van der Waals surface area contributed by atoms with E-state index in [0.29, 0.717) is 6.54 Å². The molecular formula is C16H19N3O3S. The fraction of sp³-hybridized carbons (Fsp3) is 0.188. The summed E-state index contributed by atoms with van der Waals surface area (Å²) in [5.74, 6) is 6.52. The first-order valence-electron chi connectivity index (χ1n) is 6.92. The Hall–Kier alpha value is -2.38. The minimum absolute atomic E-state index is 0.136. The maximum atomic E-state index is 12.1. The number of hydrazine groups is 1. The van der Waals surface area contributed by atoms with Gasteiger partial charge in [-0.3, -0.25) is 5.01 Å². The largest absolute Gasteiger partial charge is 0.497 e. The number of rotatable bonds is 6. The van der Waals surface area contributed by atoms with Crippen molar-refractivity contribution in [2.45, 2.75) is 18.4 Å². The van der Waals surface area contributed by atoms with E-state index in [9.17, 15) is 8.42 Å². The Morgan fingerprint density at radius 3 is 2.30 bits per heavy atom. The van der Waals surface area contributed by atoms with Crippen LogP contribution >= 0.6 is 0 Å². The van der Waals surface area contributed by atoms with Crippen LogP contribution in [0.5, 0.6) is 5.75 Å². The summed E-state index contributed by atoms with van der Waals surface area (Å²) in [5, 5.41) is 1.22. The molecule has 122 valence electrons. The van der Waals surface area contributed by atoms with Gasteiger partial charge in [0.2, 0.25) is 0 Å². The van der Waals surface area contributed by atoms with Gasteiger partial charge in [-0.05, 0) is 36.8 Å². The van der Waals surface area contributed by atoms with Crippen molar-refractivity contribution in [2.24, 2.45) is 10.2 Å². The molecule has 2 N–H and O–H groups in total. The average Bonchev–Trinajstić information content (AvgIpc) is 2.54. The number of ether oxygens (including phenoxy) is 1. The second kappa shape index (κ2) is 7.26. The second-order valence-corrected chi connectivity index (χ2v) is 6.66. The molecule has 0 amide bonds. The van der Waals surface area contributed by atoms with Crippen molar-refractivity contribution in [2.75, 3.05) is 7.11 Å². The summed E-state index contributed by atoms with van der Waals surface area (Å²) < 4.78 is 32.9. The Kier molecular flexibility index (Phi) is 5.36. The summed E-state index contributed by atoms with van der Waals surface area (Å²) in [6, 6.07) is 13.8. The number of hydrogen-bond donors (Lipinski definition) is 1. The van der Waals surface area contributed by atoms with E-state index in [2.05, 4.69) is 4.40 Å². The highest BCUT2D eigenvalue weighted by atomic mass is 32.2. The maximum Gasteiger partial charge on any atom is 0.283 e. The first kappa shape index (κ1) is 17.0. The van der Waals surface area contributed by atoms with Crippen molar-refractivity contribution in [3.8, 4) is 5.75 Å². The molecule has 2 aromatic carbocycles. The van der Waals surface area contributed by atoms with Gasteiger partial charge in [0.05, 0.1) is 18.6 Å². The van der Waals surface area contributed by atoms with Crippen LogP contribution in [0.1, 0.15) is 11.1 Å². The van der Waals surface area contributed by atoms with Gasteiger partial charge in [-0.15, -0.1) is 4.40 Å². The summed E-state index contributed by atoms with van der Waals surface area (Å²) in [7, 11) is -2.16. The van der Waals surface area contributed by atoms with Crippen LogP contribution in [0.25, 0.3) is 0 Å². The molecule has 0 saturated carbocycles. The fourth-order valence-corrected chi connectivity index (χ4v) is 2.72. The van der Waals surface area contributed by atoms with Crippen LogP contribution in [-0.4, -0.2) is 26.9 Å². The van der Waals surface area contributed by atoms with E-state index < -0.39 is 10.0 Å². The average molecular weight is 333 g/mol. The Balaban J connectivity index is 2.04. The monoisotopic (exact) mass is 333 g/mol. The Labute approximate surface area is 136 Å². The topological polar surface area (TPSA) is 85.0 Å². The smallest absolute Gasteiger partial charge is 0.283 e. The molecule has 0 radical (unpaired) electrons. The first-order valence-corrected chi connectivity index (χ1v) is 8.36. The molecule has 2 aromatic rings. The van der Waals surface area contributed by atoms with Crippen molar-refractivity contribution in [1.82, 2.24) is 5.01 Å². The van der Waals surface area contributed by atoms with Gasteiger partial charge in [-0.2, -0.15) is 8.42 Å². The molecule has 2 rings (SSSR count). The maximum absolute atomic E-state index is 12.1. The van der Waals surface area contributed by atoms with E-state index in [0.717, 1.165) is 23.2 Å². The third-order valence-corrected chi connectivity index (χ3v) is 4.42. The van der Waals surface area contributed by atoms with Gasteiger partial charge in [0, 0.05) is 0 Å². The molecule has 0 aliphatic carbocycles. The normalized spacial score (nSPS) is 11.6. The van der Waals surface area contributed by atoms with E-state index in [-0.39, 0.29) is 4.90 Å². The zero-order valence-electron chi connectivity index (χ0n) is 13.0. The van der Waals surface area contributed by atoms with E-state index in [4.69, 9.17) is 10.6 Å². The van der Waals surface area contributed by atoms with Gasteiger partial charge < -0.3 is 4.74 Å². The molecule has 0 aromatic heterocycles. The third-order valence-electron chi connectivity index (χ3n) is 3.18. The van der Waals surface area contributed by atoms with Gasteiger partial charge in [0.15, 0.2) is 0 Å². The number of benzene rings is 2. The van der Waals surface area contributed by atoms with E-state index in [1.807, 2.05) is 31.2 Å². The highest BCUT2D eigenvalue weighted by molar-refractivity contribution is 7.90. The molecule has 7 heteroatoms. The number of hydrogen-bond acceptors (Lipinski definition) is 4. The predicted molar refractivity (Wildman–Crippen MR) is 89.6 cm³/mol. The summed E-state index contributed by atoms with van der Waals surface area (Å²) in [5.41, 5.74) is 1.89. The van der Waals surface area contributed by atoms with Crippen molar-refractivity contribution in [1.29, 1.82) is 0 Å². The van der Waals surface area contributed by atoms with Crippen LogP contribution in [0, 0.1) is 6.92 Å². The number of sulfonamides is 1. The van der Waals surface area contributed by atoms with E-state index in [1.165, 1.54) is 17.1 Å². The SMILES string of the molecule is COc1ccc(CN(N)/C=N\S(=O)(=O)c2ccc(C)cc2)cc1. The van der Waals surface area contributed by atoms with Gasteiger partial charge in [0.25, 0.3) is 10.0 Å². The lowest BCUT2D eigenvalue weighted by atomic mass is 10.2. The number of nitrogens with two attached hydrogens (primary N) is 1. The molecule has 23 heavy (non-hydrogen) atoms. The molecule has 0 aliphatic rings. The van der Waals surface area contributed by atoms with Gasteiger partial charge in [0.1, 0.15) is 12.1 Å². The summed E-state index contributed by atoms with van der Waals surface area (Å²) in [4.78, 5) is 0.136. The van der Waals surface area contributed by atoms with Crippen molar-refractivity contribution in [3.63, 3.8) is 0 Å². The minimum atomic E-state index is -3.75. The number of nitrogens with zero attached hydrogens (tertiary/aromatic N) is 2. The van der Waals surface area contributed by atoms with Gasteiger partial charge in [-0.1, -0.05) is 29.8 Å². The van der Waals surface area contributed by atoms with Crippen LogP contribution in [0.2, 0.25) is 0 Å². The van der Waals surface area contributed by atoms with Crippen molar-refractivity contribution in [3.05, 3.63) is 59.7 Å². The quantitative estimate of drug-likeness (QED) is 0.379. The Morgan fingerprint density at radius 1 is 1.13 bits per heavy atom. The molecular weight excluding hydrogens is 314 g/mol. The lowest BCUT2D eigenvalue weighted by Gasteiger charge is -2.12. The molecule has 0 heterocycles. The molecule has 0 bridgehead atoms. The standard InChI is InChI=1S/C16H19N3O3S/c1-13-3-9-16(10-4-13)23(20,21)18-12-19(17)11-14-5-7-15(22-2)8-6-14/h3-10,12H,11,17H2,1-2H3/b18-12-. The lowest BCUT2D eigenvalue weighted by Crippen LogP contribution is -2.29. The summed E-state index contributed by atoms with van der Waals surface area (Å²) in [6.07, 6.45) is 1.11. The lowest BCUT2D eigenvalue weighted by molar-refractivity contribution is 0.413. The number of methoxy groups -OCH3 is 1. The van der Waals surface area contributed by atoms with Crippen LogP contribution in [0.15, 0.2) is 57.8 Å². The first-order chi connectivity index (χ1) is 10.9. The van der Waals surface area contributed by atoms with Crippen LogP contribution < -0.4 is 10.6 Å². The fourth-order valence-electron chi connectivity index (χ4n) is 1.88. The molecule has 0 spiro atoms. The molecule has 0 fully saturated rings.